The number of rotatable bonds is 3. The lowest BCUT2D eigenvalue weighted by molar-refractivity contribution is 0.389. The predicted molar refractivity (Wildman–Crippen MR) is 103 cm³/mol. The normalized spacial score (nSPS) is 30.7. The van der Waals surface area contributed by atoms with Gasteiger partial charge in [0.1, 0.15) is 0 Å². The van der Waals surface area contributed by atoms with Crippen molar-refractivity contribution in [2.24, 2.45) is 11.8 Å². The van der Waals surface area contributed by atoms with Crippen molar-refractivity contribution in [3.63, 3.8) is 0 Å². The summed E-state index contributed by atoms with van der Waals surface area (Å²) in [7, 11) is 0.313. The molecular formula is C21H41P. The van der Waals surface area contributed by atoms with Crippen LogP contribution in [0.3, 0.4) is 0 Å². The lowest BCUT2D eigenvalue weighted by Gasteiger charge is -2.35. The highest BCUT2D eigenvalue weighted by Crippen LogP contribution is 2.52. The first-order valence-corrected chi connectivity index (χ1v) is 12.3. The van der Waals surface area contributed by atoms with Crippen LogP contribution in [0.25, 0.3) is 0 Å². The van der Waals surface area contributed by atoms with E-state index in [0.29, 0.717) is 7.92 Å². The fourth-order valence-corrected chi connectivity index (χ4v) is 8.62. The molecule has 0 bridgehead atoms. The van der Waals surface area contributed by atoms with Crippen LogP contribution in [0.4, 0.5) is 0 Å². The maximum absolute atomic E-state index is 2.47. The van der Waals surface area contributed by atoms with Crippen molar-refractivity contribution in [2.45, 2.75) is 109 Å². The summed E-state index contributed by atoms with van der Waals surface area (Å²) in [6.45, 7) is 4.93. The Bertz CT molecular complexity index is 263. The molecule has 1 heteroatoms. The van der Waals surface area contributed by atoms with Gasteiger partial charge in [0.25, 0.3) is 0 Å². The van der Waals surface area contributed by atoms with Gasteiger partial charge in [-0.25, -0.2) is 0 Å². The average molecular weight is 325 g/mol. The minimum Gasteiger partial charge on any atom is -0.103 e. The van der Waals surface area contributed by atoms with E-state index >= 15 is 0 Å². The van der Waals surface area contributed by atoms with E-state index in [1.807, 2.05) is 0 Å². The summed E-state index contributed by atoms with van der Waals surface area (Å²) in [5, 5.41) is 0. The summed E-state index contributed by atoms with van der Waals surface area (Å²) in [4.78, 5) is 0. The molecule has 0 aromatic carbocycles. The van der Waals surface area contributed by atoms with Crippen LogP contribution in [0.1, 0.15) is 104 Å². The molecule has 130 valence electrons. The van der Waals surface area contributed by atoms with Crippen molar-refractivity contribution in [1.29, 1.82) is 0 Å². The molecule has 0 nitrogen and oxygen atoms in total. The molecule has 0 radical (unpaired) electrons. The molecule has 1 aliphatic heterocycles. The molecule has 0 N–H and O–H groups in total. The van der Waals surface area contributed by atoms with Crippen LogP contribution in [-0.4, -0.2) is 18.0 Å². The van der Waals surface area contributed by atoms with Crippen LogP contribution >= 0.6 is 7.92 Å². The van der Waals surface area contributed by atoms with Crippen molar-refractivity contribution < 1.29 is 0 Å². The van der Waals surface area contributed by atoms with Crippen molar-refractivity contribution >= 4 is 7.92 Å². The fourth-order valence-electron chi connectivity index (χ4n) is 4.83. The van der Waals surface area contributed by atoms with Crippen molar-refractivity contribution in [3.05, 3.63) is 0 Å². The summed E-state index contributed by atoms with van der Waals surface area (Å²) < 4.78 is 0. The second kappa shape index (κ2) is 11.1. The minimum absolute atomic E-state index is 0.313. The van der Waals surface area contributed by atoms with Gasteiger partial charge in [0.05, 0.1) is 0 Å². The molecule has 0 amide bonds. The Hall–Kier alpha value is 0.430. The Morgan fingerprint density at radius 1 is 0.682 bits per heavy atom. The molecule has 0 spiro atoms. The first-order valence-electron chi connectivity index (χ1n) is 10.5. The second-order valence-electron chi connectivity index (χ2n) is 8.47. The van der Waals surface area contributed by atoms with E-state index in [2.05, 4.69) is 13.8 Å². The van der Waals surface area contributed by atoms with Crippen LogP contribution in [0.2, 0.25) is 0 Å². The van der Waals surface area contributed by atoms with Crippen molar-refractivity contribution in [3.8, 4) is 0 Å². The van der Waals surface area contributed by atoms with Gasteiger partial charge in [0, 0.05) is 0 Å². The van der Waals surface area contributed by atoms with E-state index in [1.54, 1.807) is 38.0 Å². The Morgan fingerprint density at radius 2 is 1.18 bits per heavy atom. The average Bonchev–Trinajstić information content (AvgIpc) is 2.68. The van der Waals surface area contributed by atoms with Crippen LogP contribution in [0.5, 0.6) is 0 Å². The highest BCUT2D eigenvalue weighted by Gasteiger charge is 2.29. The smallest absolute Gasteiger partial charge is 0.0181 e. The summed E-state index contributed by atoms with van der Waals surface area (Å²) in [6, 6.07) is 0. The third kappa shape index (κ3) is 6.90. The minimum atomic E-state index is 0.313. The molecule has 1 heterocycles. The van der Waals surface area contributed by atoms with E-state index in [0.717, 1.165) is 17.5 Å². The van der Waals surface area contributed by atoms with Crippen LogP contribution < -0.4 is 0 Å². The SMILES string of the molecule is CC(C)CP1CCCCCCCC1C1CCCCCCCC1. The molecule has 1 saturated carbocycles. The Labute approximate surface area is 142 Å². The van der Waals surface area contributed by atoms with Gasteiger partial charge in [-0.3, -0.25) is 0 Å². The van der Waals surface area contributed by atoms with E-state index < -0.39 is 0 Å². The zero-order valence-corrected chi connectivity index (χ0v) is 16.4. The van der Waals surface area contributed by atoms with Crippen molar-refractivity contribution in [2.75, 3.05) is 12.3 Å². The quantitative estimate of drug-likeness (QED) is 0.469. The first kappa shape index (κ1) is 18.8. The van der Waals surface area contributed by atoms with Gasteiger partial charge in [-0.1, -0.05) is 78.1 Å². The summed E-state index contributed by atoms with van der Waals surface area (Å²) in [5.41, 5.74) is 1.13. The topological polar surface area (TPSA) is 0 Å². The second-order valence-corrected chi connectivity index (χ2v) is 11.1. The molecule has 2 unspecified atom stereocenters. The van der Waals surface area contributed by atoms with E-state index in [-0.39, 0.29) is 0 Å². The highest BCUT2D eigenvalue weighted by atomic mass is 31.1. The van der Waals surface area contributed by atoms with E-state index in [1.165, 1.54) is 64.2 Å². The largest absolute Gasteiger partial charge is 0.103 e. The molecule has 2 atom stereocenters. The van der Waals surface area contributed by atoms with E-state index in [4.69, 9.17) is 0 Å². The predicted octanol–water partition coefficient (Wildman–Crippen LogP) is 7.60. The summed E-state index contributed by atoms with van der Waals surface area (Å²) in [5.74, 6) is 2.02. The molecule has 22 heavy (non-hydrogen) atoms. The maximum Gasteiger partial charge on any atom is -0.0181 e. The Kier molecular flexibility index (Phi) is 9.44. The Balaban J connectivity index is 2.03. The lowest BCUT2D eigenvalue weighted by atomic mass is 9.90. The highest BCUT2D eigenvalue weighted by molar-refractivity contribution is 7.58. The number of hydrogen-bond donors (Lipinski definition) is 0. The molecule has 0 aromatic heterocycles. The van der Waals surface area contributed by atoms with Gasteiger partial charge in [-0.2, -0.15) is 0 Å². The molecule has 2 fully saturated rings. The van der Waals surface area contributed by atoms with Gasteiger partial charge in [-0.05, 0) is 55.5 Å². The first-order chi connectivity index (χ1) is 10.8. The standard InChI is InChI=1S/C21H41P/c1-19(2)18-22-17-13-9-5-8-12-16-21(22)20-14-10-6-3-4-7-11-15-20/h19-21H,3-18H2,1-2H3. The molecule has 1 saturated heterocycles. The molecule has 2 aliphatic rings. The van der Waals surface area contributed by atoms with Gasteiger partial charge in [0.15, 0.2) is 0 Å². The van der Waals surface area contributed by atoms with Gasteiger partial charge in [0.2, 0.25) is 0 Å². The third-order valence-corrected chi connectivity index (χ3v) is 9.67. The lowest BCUT2D eigenvalue weighted by Crippen LogP contribution is -2.22. The van der Waals surface area contributed by atoms with Gasteiger partial charge < -0.3 is 0 Å². The zero-order chi connectivity index (χ0) is 15.6. The fraction of sp³-hybridized carbons (Fsp3) is 1.00. The molecular weight excluding hydrogens is 283 g/mol. The monoisotopic (exact) mass is 324 g/mol. The molecule has 1 aliphatic carbocycles. The maximum atomic E-state index is 2.47. The van der Waals surface area contributed by atoms with Gasteiger partial charge in [-0.15, -0.1) is 7.92 Å². The van der Waals surface area contributed by atoms with Crippen LogP contribution in [0.15, 0.2) is 0 Å². The Morgan fingerprint density at radius 3 is 1.77 bits per heavy atom. The molecule has 2 rings (SSSR count). The summed E-state index contributed by atoms with van der Waals surface area (Å²) in [6.07, 6.45) is 24.7. The van der Waals surface area contributed by atoms with E-state index in [9.17, 15) is 0 Å². The summed E-state index contributed by atoms with van der Waals surface area (Å²) >= 11 is 0. The third-order valence-electron chi connectivity index (χ3n) is 5.96. The van der Waals surface area contributed by atoms with Crippen LogP contribution in [0, 0.1) is 11.8 Å². The molecule has 0 aromatic rings. The van der Waals surface area contributed by atoms with Gasteiger partial charge >= 0.3 is 0 Å². The zero-order valence-electron chi connectivity index (χ0n) is 15.5. The number of hydrogen-bond acceptors (Lipinski definition) is 0. The van der Waals surface area contributed by atoms with Crippen LogP contribution in [-0.2, 0) is 0 Å². The van der Waals surface area contributed by atoms with Crippen molar-refractivity contribution in [1.82, 2.24) is 0 Å².